The molecule has 1 fully saturated rings. The normalized spacial score (nSPS) is 25.5. The number of nitriles is 1. The van der Waals surface area contributed by atoms with Crippen LogP contribution in [0.5, 0.6) is 0 Å². The Kier molecular flexibility index (Phi) is 6.13. The fraction of sp³-hybridized carbons (Fsp3) is 0.643. The Morgan fingerprint density at radius 3 is 3.00 bits per heavy atom. The highest BCUT2D eigenvalue weighted by Gasteiger charge is 2.33. The smallest absolute Gasteiger partial charge is 0.305 e. The van der Waals surface area contributed by atoms with E-state index in [1.807, 2.05) is 6.19 Å². The SMILES string of the molecule is CC/C=C/CC1C(=NC#N)CCC1CC(=O)OC. The lowest BCUT2D eigenvalue weighted by atomic mass is 9.89. The second-order valence-corrected chi connectivity index (χ2v) is 4.50. The first-order valence-electron chi connectivity index (χ1n) is 6.40. The molecule has 0 N–H and O–H groups in total. The van der Waals surface area contributed by atoms with Gasteiger partial charge in [0.05, 0.1) is 7.11 Å². The Morgan fingerprint density at radius 2 is 2.39 bits per heavy atom. The maximum atomic E-state index is 11.4. The molecule has 0 heterocycles. The number of aliphatic imine (C=N–C) groups is 1. The lowest BCUT2D eigenvalue weighted by molar-refractivity contribution is -0.141. The molecule has 1 saturated carbocycles. The molecule has 4 nitrogen and oxygen atoms in total. The molecule has 2 atom stereocenters. The number of hydrogen-bond acceptors (Lipinski definition) is 4. The fourth-order valence-corrected chi connectivity index (χ4v) is 2.47. The van der Waals surface area contributed by atoms with Crippen LogP contribution in [0.1, 0.15) is 39.0 Å². The molecule has 0 aromatic heterocycles. The van der Waals surface area contributed by atoms with Crippen molar-refractivity contribution in [3.05, 3.63) is 12.2 Å². The van der Waals surface area contributed by atoms with Crippen LogP contribution in [0.25, 0.3) is 0 Å². The lowest BCUT2D eigenvalue weighted by Gasteiger charge is -2.16. The molecule has 98 valence electrons. The number of carbonyl (C=O) groups is 1. The van der Waals surface area contributed by atoms with Gasteiger partial charge < -0.3 is 4.74 Å². The van der Waals surface area contributed by atoms with Gasteiger partial charge in [0, 0.05) is 18.1 Å². The minimum atomic E-state index is -0.178. The number of carbonyl (C=O) groups excluding carboxylic acids is 1. The van der Waals surface area contributed by atoms with Gasteiger partial charge in [-0.15, -0.1) is 0 Å². The largest absolute Gasteiger partial charge is 0.469 e. The van der Waals surface area contributed by atoms with Gasteiger partial charge >= 0.3 is 5.97 Å². The Balaban J connectivity index is 2.71. The van der Waals surface area contributed by atoms with Gasteiger partial charge in [-0.1, -0.05) is 19.1 Å². The molecule has 0 saturated heterocycles. The predicted molar refractivity (Wildman–Crippen MR) is 69.9 cm³/mol. The van der Waals surface area contributed by atoms with Crippen molar-refractivity contribution in [2.75, 3.05) is 7.11 Å². The van der Waals surface area contributed by atoms with E-state index in [1.165, 1.54) is 7.11 Å². The van der Waals surface area contributed by atoms with Crippen molar-refractivity contribution >= 4 is 11.7 Å². The van der Waals surface area contributed by atoms with Gasteiger partial charge in [0.2, 0.25) is 6.19 Å². The molecule has 0 aliphatic heterocycles. The Morgan fingerprint density at radius 1 is 1.61 bits per heavy atom. The molecule has 0 bridgehead atoms. The summed E-state index contributed by atoms with van der Waals surface area (Å²) in [6.45, 7) is 2.08. The van der Waals surface area contributed by atoms with Crippen molar-refractivity contribution in [1.29, 1.82) is 5.26 Å². The number of rotatable bonds is 5. The zero-order valence-electron chi connectivity index (χ0n) is 11.1. The van der Waals surface area contributed by atoms with E-state index in [2.05, 4.69) is 24.1 Å². The van der Waals surface area contributed by atoms with Crippen LogP contribution in [0.4, 0.5) is 0 Å². The molecular formula is C14H20N2O2. The number of hydrogen-bond donors (Lipinski definition) is 0. The third kappa shape index (κ3) is 3.99. The minimum Gasteiger partial charge on any atom is -0.469 e. The summed E-state index contributed by atoms with van der Waals surface area (Å²) in [7, 11) is 1.41. The highest BCUT2D eigenvalue weighted by molar-refractivity contribution is 5.90. The summed E-state index contributed by atoms with van der Waals surface area (Å²) < 4.78 is 4.72. The first-order valence-corrected chi connectivity index (χ1v) is 6.40. The monoisotopic (exact) mass is 248 g/mol. The van der Waals surface area contributed by atoms with Crippen molar-refractivity contribution in [3.8, 4) is 6.19 Å². The summed E-state index contributed by atoms with van der Waals surface area (Å²) in [4.78, 5) is 15.3. The molecule has 0 radical (unpaired) electrons. The van der Waals surface area contributed by atoms with Crippen molar-refractivity contribution in [2.24, 2.45) is 16.8 Å². The topological polar surface area (TPSA) is 62.5 Å². The quantitative estimate of drug-likeness (QED) is 0.427. The van der Waals surface area contributed by atoms with Gasteiger partial charge in [-0.25, -0.2) is 0 Å². The van der Waals surface area contributed by atoms with E-state index in [4.69, 9.17) is 10.00 Å². The molecule has 0 spiro atoms. The standard InChI is InChI=1S/C14H20N2O2/c1-3-4-5-6-12-11(9-14(17)18-2)7-8-13(12)16-10-15/h4-5,11-12H,3,6-9H2,1-2H3/b5-4+,16-13?. The summed E-state index contributed by atoms with van der Waals surface area (Å²) in [5.41, 5.74) is 0.937. The van der Waals surface area contributed by atoms with Gasteiger partial charge in [-0.3, -0.25) is 4.79 Å². The molecule has 2 unspecified atom stereocenters. The highest BCUT2D eigenvalue weighted by atomic mass is 16.5. The van der Waals surface area contributed by atoms with E-state index in [9.17, 15) is 4.79 Å². The molecular weight excluding hydrogens is 228 g/mol. The Hall–Kier alpha value is -1.63. The van der Waals surface area contributed by atoms with E-state index in [0.29, 0.717) is 6.42 Å². The zero-order valence-corrected chi connectivity index (χ0v) is 11.1. The molecule has 1 aliphatic rings. The van der Waals surface area contributed by atoms with Crippen LogP contribution in [0, 0.1) is 23.3 Å². The number of esters is 1. The summed E-state index contributed by atoms with van der Waals surface area (Å²) in [6.07, 6.45) is 10.1. The van der Waals surface area contributed by atoms with Crippen molar-refractivity contribution in [3.63, 3.8) is 0 Å². The van der Waals surface area contributed by atoms with E-state index >= 15 is 0 Å². The van der Waals surface area contributed by atoms with Gasteiger partial charge in [0.25, 0.3) is 0 Å². The van der Waals surface area contributed by atoms with Crippen LogP contribution in [0.3, 0.4) is 0 Å². The maximum Gasteiger partial charge on any atom is 0.305 e. The summed E-state index contributed by atoms with van der Waals surface area (Å²) >= 11 is 0. The van der Waals surface area contributed by atoms with Crippen molar-refractivity contribution in [2.45, 2.75) is 39.0 Å². The molecule has 0 aromatic rings. The van der Waals surface area contributed by atoms with Crippen LogP contribution in [-0.4, -0.2) is 18.8 Å². The minimum absolute atomic E-state index is 0.178. The summed E-state index contributed by atoms with van der Waals surface area (Å²) in [5, 5.41) is 8.68. The average molecular weight is 248 g/mol. The fourth-order valence-electron chi connectivity index (χ4n) is 2.47. The predicted octanol–water partition coefficient (Wildman–Crippen LogP) is 2.85. The zero-order chi connectivity index (χ0) is 13.4. The van der Waals surface area contributed by atoms with E-state index < -0.39 is 0 Å². The Labute approximate surface area is 108 Å². The number of allylic oxidation sites excluding steroid dienone is 2. The first-order chi connectivity index (χ1) is 8.72. The summed E-state index contributed by atoms with van der Waals surface area (Å²) in [6, 6.07) is 0. The number of nitrogens with zero attached hydrogens (tertiary/aromatic N) is 2. The van der Waals surface area contributed by atoms with Crippen LogP contribution < -0.4 is 0 Å². The van der Waals surface area contributed by atoms with Crippen LogP contribution in [-0.2, 0) is 9.53 Å². The van der Waals surface area contributed by atoms with Crippen LogP contribution in [0.15, 0.2) is 17.1 Å². The second kappa shape index (κ2) is 7.65. The van der Waals surface area contributed by atoms with Crippen LogP contribution >= 0.6 is 0 Å². The molecule has 18 heavy (non-hydrogen) atoms. The number of methoxy groups -OCH3 is 1. The van der Waals surface area contributed by atoms with E-state index in [-0.39, 0.29) is 17.8 Å². The van der Waals surface area contributed by atoms with Gasteiger partial charge in [0.15, 0.2) is 0 Å². The molecule has 1 rings (SSSR count). The first kappa shape index (κ1) is 14.4. The third-order valence-electron chi connectivity index (χ3n) is 3.41. The molecule has 1 aliphatic carbocycles. The lowest BCUT2D eigenvalue weighted by Crippen LogP contribution is -2.18. The van der Waals surface area contributed by atoms with E-state index in [1.54, 1.807) is 0 Å². The summed E-state index contributed by atoms with van der Waals surface area (Å²) in [5.74, 6) is 0.292. The molecule has 4 heteroatoms. The maximum absolute atomic E-state index is 11.4. The molecule has 0 aromatic carbocycles. The average Bonchev–Trinajstić information content (AvgIpc) is 2.73. The second-order valence-electron chi connectivity index (χ2n) is 4.50. The third-order valence-corrected chi connectivity index (χ3v) is 3.41. The Bertz CT molecular complexity index is 380. The van der Waals surface area contributed by atoms with Crippen molar-refractivity contribution < 1.29 is 9.53 Å². The van der Waals surface area contributed by atoms with Gasteiger partial charge in [-0.05, 0) is 31.6 Å². The van der Waals surface area contributed by atoms with Crippen LogP contribution in [0.2, 0.25) is 0 Å². The molecule has 0 amide bonds. The van der Waals surface area contributed by atoms with E-state index in [0.717, 1.165) is 31.4 Å². The van der Waals surface area contributed by atoms with Gasteiger partial charge in [-0.2, -0.15) is 10.3 Å². The number of ether oxygens (including phenoxy) is 1. The highest BCUT2D eigenvalue weighted by Crippen LogP contribution is 2.35. The van der Waals surface area contributed by atoms with Crippen molar-refractivity contribution in [1.82, 2.24) is 0 Å². The van der Waals surface area contributed by atoms with Gasteiger partial charge in [0.1, 0.15) is 0 Å².